The zero-order valence-electron chi connectivity index (χ0n) is 14.2. The first-order valence-electron chi connectivity index (χ1n) is 8.13. The molecule has 0 bridgehead atoms. The number of nitrogens with one attached hydrogen (secondary N) is 1. The highest BCUT2D eigenvalue weighted by Crippen LogP contribution is 2.28. The number of rotatable bonds is 4. The van der Waals surface area contributed by atoms with E-state index in [0.717, 1.165) is 16.5 Å². The van der Waals surface area contributed by atoms with Gasteiger partial charge in [0.25, 0.3) is 0 Å². The first-order chi connectivity index (χ1) is 13.0. The maximum atomic E-state index is 12.9. The predicted octanol–water partition coefficient (Wildman–Crippen LogP) is 4.71. The van der Waals surface area contributed by atoms with E-state index in [0.29, 0.717) is 21.5 Å². The largest absolute Gasteiger partial charge is 0.325 e. The number of amides is 1. The molecule has 0 aliphatic carbocycles. The highest BCUT2D eigenvalue weighted by molar-refractivity contribution is 7.99. The topological polar surface area (TPSA) is 59.3 Å². The summed E-state index contributed by atoms with van der Waals surface area (Å²) < 4.78 is 14.9. The number of pyridine rings is 1. The van der Waals surface area contributed by atoms with Crippen molar-refractivity contribution in [1.82, 2.24) is 14.6 Å². The van der Waals surface area contributed by atoms with Crippen molar-refractivity contribution < 1.29 is 9.18 Å². The van der Waals surface area contributed by atoms with Crippen LogP contribution < -0.4 is 5.32 Å². The summed E-state index contributed by atoms with van der Waals surface area (Å²) >= 11 is 7.41. The van der Waals surface area contributed by atoms with Crippen molar-refractivity contribution in [1.29, 1.82) is 0 Å². The van der Waals surface area contributed by atoms with Crippen molar-refractivity contribution >= 4 is 51.5 Å². The Hall–Kier alpha value is -2.64. The lowest BCUT2D eigenvalue weighted by Gasteiger charge is -2.08. The summed E-state index contributed by atoms with van der Waals surface area (Å²) in [5, 5.41) is 13.4. The van der Waals surface area contributed by atoms with Crippen LogP contribution in [-0.2, 0) is 4.79 Å². The van der Waals surface area contributed by atoms with E-state index in [-0.39, 0.29) is 17.5 Å². The second kappa shape index (κ2) is 7.17. The Kier molecular flexibility index (Phi) is 4.72. The second-order valence-electron chi connectivity index (χ2n) is 6.01. The number of anilines is 1. The summed E-state index contributed by atoms with van der Waals surface area (Å²) in [6.07, 6.45) is 0. The predicted molar refractivity (Wildman–Crippen MR) is 106 cm³/mol. The Bertz CT molecular complexity index is 1160. The number of benzene rings is 2. The number of aromatic nitrogens is 3. The molecule has 2 heterocycles. The van der Waals surface area contributed by atoms with Gasteiger partial charge in [-0.15, -0.1) is 10.2 Å². The summed E-state index contributed by atoms with van der Waals surface area (Å²) in [7, 11) is 0. The summed E-state index contributed by atoms with van der Waals surface area (Å²) in [4.78, 5) is 12.2. The van der Waals surface area contributed by atoms with Crippen LogP contribution in [0.2, 0.25) is 5.02 Å². The summed E-state index contributed by atoms with van der Waals surface area (Å²) in [6.45, 7) is 2.00. The lowest BCUT2D eigenvalue weighted by atomic mass is 10.1. The van der Waals surface area contributed by atoms with Crippen LogP contribution in [0.5, 0.6) is 0 Å². The lowest BCUT2D eigenvalue weighted by molar-refractivity contribution is -0.113. The van der Waals surface area contributed by atoms with E-state index in [4.69, 9.17) is 11.6 Å². The average molecular weight is 401 g/mol. The first kappa shape index (κ1) is 17.8. The number of hydrogen-bond donors (Lipinski definition) is 1. The van der Waals surface area contributed by atoms with Gasteiger partial charge in [0, 0.05) is 16.1 Å². The fourth-order valence-corrected chi connectivity index (χ4v) is 3.77. The molecule has 0 atom stereocenters. The Morgan fingerprint density at radius 3 is 2.74 bits per heavy atom. The van der Waals surface area contributed by atoms with E-state index in [1.165, 1.54) is 36.0 Å². The van der Waals surface area contributed by atoms with Gasteiger partial charge in [0.05, 0.1) is 11.3 Å². The second-order valence-corrected chi connectivity index (χ2v) is 7.39. The molecule has 0 aliphatic heterocycles. The van der Waals surface area contributed by atoms with Crippen LogP contribution in [0, 0.1) is 12.7 Å². The van der Waals surface area contributed by atoms with Gasteiger partial charge in [-0.25, -0.2) is 4.39 Å². The van der Waals surface area contributed by atoms with Crippen molar-refractivity contribution in [2.75, 3.05) is 11.1 Å². The summed E-state index contributed by atoms with van der Waals surface area (Å²) in [6, 6.07) is 13.2. The molecule has 5 nitrogen and oxygen atoms in total. The Balaban J connectivity index is 1.59. The molecule has 8 heteroatoms. The fourth-order valence-electron chi connectivity index (χ4n) is 2.85. The SMILES string of the molecule is Cc1cc2nnc(SCC(=O)Nc3ccc(F)cc3)n2c2ccc(Cl)cc12. The molecule has 4 aromatic rings. The van der Waals surface area contributed by atoms with Gasteiger partial charge in [0.1, 0.15) is 5.82 Å². The van der Waals surface area contributed by atoms with Gasteiger partial charge in [-0.3, -0.25) is 9.20 Å². The molecule has 0 unspecified atom stereocenters. The number of carbonyl (C=O) groups is 1. The van der Waals surface area contributed by atoms with Gasteiger partial charge >= 0.3 is 0 Å². The standard InChI is InChI=1S/C19H14ClFN4OS/c1-11-8-17-23-24-19(25(17)16-7-2-12(20)9-15(11)16)27-10-18(26)22-14-5-3-13(21)4-6-14/h2-9H,10H2,1H3,(H,22,26). The van der Waals surface area contributed by atoms with E-state index in [2.05, 4.69) is 15.5 Å². The summed E-state index contributed by atoms with van der Waals surface area (Å²) in [5.41, 5.74) is 3.24. The molecule has 27 heavy (non-hydrogen) atoms. The van der Waals surface area contributed by atoms with Gasteiger partial charge < -0.3 is 5.32 Å². The zero-order chi connectivity index (χ0) is 19.0. The molecular weight excluding hydrogens is 387 g/mol. The molecule has 1 amide bonds. The molecule has 0 spiro atoms. The molecular formula is C19H14ClFN4OS. The molecule has 1 N–H and O–H groups in total. The Labute approximate surface area is 163 Å². The van der Waals surface area contributed by atoms with Crippen molar-refractivity contribution in [2.24, 2.45) is 0 Å². The number of fused-ring (bicyclic) bond motifs is 3. The quantitative estimate of drug-likeness (QED) is 0.504. The van der Waals surface area contributed by atoms with E-state index in [1.54, 1.807) is 0 Å². The van der Waals surface area contributed by atoms with Gasteiger partial charge in [-0.1, -0.05) is 23.4 Å². The highest BCUT2D eigenvalue weighted by Gasteiger charge is 2.13. The van der Waals surface area contributed by atoms with Gasteiger partial charge in [-0.05, 0) is 61.0 Å². The monoisotopic (exact) mass is 400 g/mol. The van der Waals surface area contributed by atoms with Crippen molar-refractivity contribution in [2.45, 2.75) is 12.1 Å². The average Bonchev–Trinajstić information content (AvgIpc) is 3.05. The Morgan fingerprint density at radius 2 is 1.96 bits per heavy atom. The first-order valence-corrected chi connectivity index (χ1v) is 9.50. The number of nitrogens with zero attached hydrogens (tertiary/aromatic N) is 3. The van der Waals surface area contributed by atoms with Gasteiger partial charge in [0.15, 0.2) is 10.8 Å². The normalized spacial score (nSPS) is 11.2. The third-order valence-corrected chi connectivity index (χ3v) is 5.25. The van der Waals surface area contributed by atoms with Crippen LogP contribution in [0.15, 0.2) is 53.7 Å². The highest BCUT2D eigenvalue weighted by atomic mass is 35.5. The molecule has 0 radical (unpaired) electrons. The molecule has 136 valence electrons. The van der Waals surface area contributed by atoms with Crippen LogP contribution >= 0.6 is 23.4 Å². The number of aryl methyl sites for hydroxylation is 1. The molecule has 2 aromatic carbocycles. The van der Waals surface area contributed by atoms with Crippen LogP contribution in [0.3, 0.4) is 0 Å². The third kappa shape index (κ3) is 3.61. The smallest absolute Gasteiger partial charge is 0.234 e. The van der Waals surface area contributed by atoms with Crippen molar-refractivity contribution in [3.8, 4) is 0 Å². The molecule has 4 rings (SSSR count). The van der Waals surface area contributed by atoms with Gasteiger partial charge in [0.2, 0.25) is 5.91 Å². The van der Waals surface area contributed by atoms with E-state index < -0.39 is 0 Å². The minimum absolute atomic E-state index is 0.154. The van der Waals surface area contributed by atoms with Crippen LogP contribution in [-0.4, -0.2) is 26.3 Å². The maximum Gasteiger partial charge on any atom is 0.234 e. The van der Waals surface area contributed by atoms with E-state index in [1.807, 2.05) is 35.6 Å². The van der Waals surface area contributed by atoms with Crippen molar-refractivity contribution in [3.63, 3.8) is 0 Å². The number of hydrogen-bond acceptors (Lipinski definition) is 4. The van der Waals surface area contributed by atoms with Crippen LogP contribution in [0.4, 0.5) is 10.1 Å². The van der Waals surface area contributed by atoms with E-state index >= 15 is 0 Å². The lowest BCUT2D eigenvalue weighted by Crippen LogP contribution is -2.14. The molecule has 0 saturated heterocycles. The molecule has 0 fully saturated rings. The zero-order valence-corrected chi connectivity index (χ0v) is 15.8. The molecule has 0 saturated carbocycles. The summed E-state index contributed by atoms with van der Waals surface area (Å²) in [5.74, 6) is -0.399. The van der Waals surface area contributed by atoms with Gasteiger partial charge in [-0.2, -0.15) is 0 Å². The fraction of sp³-hybridized carbons (Fsp3) is 0.105. The van der Waals surface area contributed by atoms with Crippen LogP contribution in [0.1, 0.15) is 5.56 Å². The Morgan fingerprint density at radius 1 is 1.19 bits per heavy atom. The minimum Gasteiger partial charge on any atom is -0.325 e. The van der Waals surface area contributed by atoms with Crippen molar-refractivity contribution in [3.05, 3.63) is 64.9 Å². The number of thioether (sulfide) groups is 1. The number of carbonyl (C=O) groups excluding carboxylic acids is 1. The third-order valence-electron chi connectivity index (χ3n) is 4.09. The molecule has 2 aromatic heterocycles. The maximum absolute atomic E-state index is 12.9. The number of halogens is 2. The molecule has 0 aliphatic rings. The van der Waals surface area contributed by atoms with E-state index in [9.17, 15) is 9.18 Å². The minimum atomic E-state index is -0.348. The van der Waals surface area contributed by atoms with Crippen LogP contribution in [0.25, 0.3) is 16.6 Å².